The summed E-state index contributed by atoms with van der Waals surface area (Å²) in [4.78, 5) is 22.3. The van der Waals surface area contributed by atoms with Gasteiger partial charge in [0.05, 0.1) is 19.7 Å². The Bertz CT molecular complexity index is 835. The predicted molar refractivity (Wildman–Crippen MR) is 113 cm³/mol. The van der Waals surface area contributed by atoms with Gasteiger partial charge in [0.1, 0.15) is 12.4 Å². The largest absolute Gasteiger partial charge is 0.486 e. The maximum Gasteiger partial charge on any atom is 0.303 e. The van der Waals surface area contributed by atoms with E-state index < -0.39 is 5.97 Å². The summed E-state index contributed by atoms with van der Waals surface area (Å²) in [6, 6.07) is 9.04. The van der Waals surface area contributed by atoms with Gasteiger partial charge < -0.3 is 15.2 Å². The lowest BCUT2D eigenvalue weighted by Gasteiger charge is -2.14. The topological polar surface area (TPSA) is 75.6 Å². The van der Waals surface area contributed by atoms with E-state index in [1.807, 2.05) is 18.2 Å². The smallest absolute Gasteiger partial charge is 0.303 e. The minimum atomic E-state index is -0.841. The number of benzene rings is 2. The highest BCUT2D eigenvalue weighted by atomic mass is 79.9. The highest BCUT2D eigenvalue weighted by molar-refractivity contribution is 9.11. The van der Waals surface area contributed by atoms with E-state index in [1.165, 1.54) is 0 Å². The monoisotopic (exact) mass is 517 g/mol. The minimum Gasteiger partial charge on any atom is -0.486 e. The van der Waals surface area contributed by atoms with Crippen LogP contribution in [0.1, 0.15) is 30.9 Å². The molecule has 0 bridgehead atoms. The fourth-order valence-corrected chi connectivity index (χ4v) is 4.06. The number of rotatable bonds is 8. The number of carbonyl (C=O) groups excluding carboxylic acids is 1. The molecule has 2 aromatic carbocycles. The molecule has 0 heterocycles. The summed E-state index contributed by atoms with van der Waals surface area (Å²) in [6.45, 7) is 1.98. The predicted octanol–water partition coefficient (Wildman–Crippen LogP) is 5.81. The Labute approximate surface area is 179 Å². The number of anilines is 1. The number of aryl methyl sites for hydroxylation is 1. The molecular weight excluding hydrogens is 501 g/mol. The van der Waals surface area contributed by atoms with Gasteiger partial charge in [0.2, 0.25) is 5.91 Å². The highest BCUT2D eigenvalue weighted by Gasteiger charge is 2.13. The number of nitrogens with one attached hydrogen (secondary N) is 1. The van der Waals surface area contributed by atoms with Crippen LogP contribution in [0, 0.1) is 0 Å². The van der Waals surface area contributed by atoms with Gasteiger partial charge in [-0.1, -0.05) is 30.7 Å². The summed E-state index contributed by atoms with van der Waals surface area (Å²) in [5.41, 5.74) is 2.16. The first-order valence-electron chi connectivity index (χ1n) is 8.21. The maximum absolute atomic E-state index is 11.6. The van der Waals surface area contributed by atoms with Gasteiger partial charge in [0, 0.05) is 18.4 Å². The molecule has 27 heavy (non-hydrogen) atoms. The highest BCUT2D eigenvalue weighted by Crippen LogP contribution is 2.36. The first-order valence-corrected chi connectivity index (χ1v) is 10.2. The van der Waals surface area contributed by atoms with E-state index in [2.05, 4.69) is 37.2 Å². The molecule has 8 heteroatoms. The minimum absolute atomic E-state index is 0.0605. The summed E-state index contributed by atoms with van der Waals surface area (Å²) in [6.07, 6.45) is 0.855. The molecule has 0 aliphatic rings. The van der Waals surface area contributed by atoms with Gasteiger partial charge in [0.15, 0.2) is 0 Å². The molecule has 2 rings (SSSR count). The van der Waals surface area contributed by atoms with Gasteiger partial charge in [0.25, 0.3) is 0 Å². The number of amides is 1. The van der Waals surface area contributed by atoms with Crippen LogP contribution in [-0.4, -0.2) is 17.0 Å². The molecule has 0 saturated heterocycles. The zero-order valence-corrected chi connectivity index (χ0v) is 18.4. The molecule has 0 spiro atoms. The van der Waals surface area contributed by atoms with Gasteiger partial charge in [-0.3, -0.25) is 9.59 Å². The van der Waals surface area contributed by atoms with E-state index in [1.54, 1.807) is 19.1 Å². The van der Waals surface area contributed by atoms with Crippen LogP contribution in [0.2, 0.25) is 5.02 Å². The Morgan fingerprint density at radius 1 is 1.22 bits per heavy atom. The molecule has 0 unspecified atom stereocenters. The third-order valence-electron chi connectivity index (χ3n) is 3.73. The molecular formula is C19H18Br2ClNO4. The molecule has 0 aliphatic carbocycles. The van der Waals surface area contributed by atoms with Crippen LogP contribution in [-0.2, 0) is 22.6 Å². The van der Waals surface area contributed by atoms with Crippen molar-refractivity contribution in [2.75, 3.05) is 5.32 Å². The summed E-state index contributed by atoms with van der Waals surface area (Å²) in [7, 11) is 0. The first-order chi connectivity index (χ1) is 12.8. The Morgan fingerprint density at radius 3 is 2.48 bits per heavy atom. The van der Waals surface area contributed by atoms with Crippen LogP contribution in [0.15, 0.2) is 39.3 Å². The average molecular weight is 520 g/mol. The van der Waals surface area contributed by atoms with Crippen LogP contribution in [0.3, 0.4) is 0 Å². The zero-order valence-electron chi connectivity index (χ0n) is 14.5. The van der Waals surface area contributed by atoms with E-state index in [4.69, 9.17) is 21.4 Å². The Hall–Kier alpha value is -1.57. The van der Waals surface area contributed by atoms with Crippen molar-refractivity contribution in [2.24, 2.45) is 0 Å². The zero-order chi connectivity index (χ0) is 20.0. The number of ether oxygens (including phenoxy) is 1. The van der Waals surface area contributed by atoms with Crippen molar-refractivity contribution in [1.82, 2.24) is 0 Å². The molecule has 0 aliphatic heterocycles. The molecule has 5 nitrogen and oxygen atoms in total. The number of hydrogen-bond acceptors (Lipinski definition) is 3. The number of aliphatic carboxylic acids is 1. The van der Waals surface area contributed by atoms with Gasteiger partial charge in [-0.15, -0.1) is 0 Å². The van der Waals surface area contributed by atoms with Crippen molar-refractivity contribution in [1.29, 1.82) is 0 Å². The molecule has 0 fully saturated rings. The number of hydrogen-bond donors (Lipinski definition) is 2. The second-order valence-electron chi connectivity index (χ2n) is 5.75. The molecule has 144 valence electrons. The van der Waals surface area contributed by atoms with Gasteiger partial charge in [-0.05, 0) is 62.0 Å². The molecule has 2 aromatic rings. The maximum atomic E-state index is 11.6. The molecule has 0 saturated carbocycles. The normalized spacial score (nSPS) is 10.5. The Kier molecular flexibility index (Phi) is 8.13. The third kappa shape index (κ3) is 6.23. The molecule has 2 N–H and O–H groups in total. The molecule has 0 atom stereocenters. The van der Waals surface area contributed by atoms with Gasteiger partial charge >= 0.3 is 5.97 Å². The van der Waals surface area contributed by atoms with Crippen molar-refractivity contribution in [3.05, 3.63) is 55.4 Å². The van der Waals surface area contributed by atoms with Crippen LogP contribution in [0.5, 0.6) is 5.75 Å². The summed E-state index contributed by atoms with van der Waals surface area (Å²) in [5, 5.41) is 12.0. The molecule has 1 amide bonds. The van der Waals surface area contributed by atoms with E-state index in [0.717, 1.165) is 11.1 Å². The number of carboxylic acid groups (broad SMARTS) is 1. The lowest BCUT2D eigenvalue weighted by molar-refractivity contribution is -0.137. The Balaban J connectivity index is 2.13. The number of carbonyl (C=O) groups is 2. The third-order valence-corrected chi connectivity index (χ3v) is 5.36. The van der Waals surface area contributed by atoms with Crippen molar-refractivity contribution in [2.45, 2.75) is 32.8 Å². The summed E-state index contributed by atoms with van der Waals surface area (Å²) < 4.78 is 7.32. The van der Waals surface area contributed by atoms with Crippen molar-refractivity contribution >= 4 is 61.0 Å². The van der Waals surface area contributed by atoms with Crippen LogP contribution in [0.25, 0.3) is 0 Å². The average Bonchev–Trinajstić information content (AvgIpc) is 2.61. The summed E-state index contributed by atoms with van der Waals surface area (Å²) >= 11 is 13.3. The fourth-order valence-electron chi connectivity index (χ4n) is 2.32. The standard InChI is InChI=1S/C19H18Br2ClNO4/c1-2-16(24)23-15-5-3-4-12(18(15)22)10-27-19-13(20)8-11(9-14(19)21)6-7-17(25)26/h3-5,8-9H,2,6-7,10H2,1H3,(H,23,24)(H,25,26). The van der Waals surface area contributed by atoms with E-state index in [0.29, 0.717) is 38.2 Å². The molecule has 0 aromatic heterocycles. The lowest BCUT2D eigenvalue weighted by Crippen LogP contribution is -2.10. The van der Waals surface area contributed by atoms with Crippen LogP contribution >= 0.6 is 43.5 Å². The first kappa shape index (κ1) is 21.7. The summed E-state index contributed by atoms with van der Waals surface area (Å²) in [5.74, 6) is -0.363. The van der Waals surface area contributed by atoms with Crippen molar-refractivity contribution in [3.8, 4) is 5.75 Å². The SMILES string of the molecule is CCC(=O)Nc1cccc(COc2c(Br)cc(CCC(=O)O)cc2Br)c1Cl. The lowest BCUT2D eigenvalue weighted by atomic mass is 10.1. The van der Waals surface area contributed by atoms with Gasteiger partial charge in [-0.2, -0.15) is 0 Å². The quantitative estimate of drug-likeness (QED) is 0.462. The van der Waals surface area contributed by atoms with Crippen molar-refractivity contribution < 1.29 is 19.4 Å². The van der Waals surface area contributed by atoms with E-state index in [9.17, 15) is 9.59 Å². The second-order valence-corrected chi connectivity index (χ2v) is 7.84. The van der Waals surface area contributed by atoms with Crippen molar-refractivity contribution in [3.63, 3.8) is 0 Å². The van der Waals surface area contributed by atoms with E-state index >= 15 is 0 Å². The van der Waals surface area contributed by atoms with Gasteiger partial charge in [-0.25, -0.2) is 0 Å². The molecule has 0 radical (unpaired) electrons. The Morgan fingerprint density at radius 2 is 1.89 bits per heavy atom. The van der Waals surface area contributed by atoms with E-state index in [-0.39, 0.29) is 18.9 Å². The number of carboxylic acids is 1. The van der Waals surface area contributed by atoms with Crippen LogP contribution in [0.4, 0.5) is 5.69 Å². The number of halogens is 3. The second kappa shape index (κ2) is 10.1. The van der Waals surface area contributed by atoms with Crippen LogP contribution < -0.4 is 10.1 Å². The fraction of sp³-hybridized carbons (Fsp3) is 0.263.